The van der Waals surface area contributed by atoms with Crippen molar-refractivity contribution in [3.63, 3.8) is 0 Å². The van der Waals surface area contributed by atoms with Crippen LogP contribution in [0.2, 0.25) is 0 Å². The molecule has 0 aliphatic carbocycles. The summed E-state index contributed by atoms with van der Waals surface area (Å²) < 4.78 is 5.27. The number of para-hydroxylation sites is 1. The molecule has 174 valence electrons. The van der Waals surface area contributed by atoms with E-state index in [2.05, 4.69) is 31.7 Å². The third-order valence-corrected chi connectivity index (χ3v) is 4.05. The number of nitro groups is 2. The highest BCUT2D eigenvalue weighted by atomic mass is 16.6. The summed E-state index contributed by atoms with van der Waals surface area (Å²) in [6.07, 6.45) is 0.948. The number of nitrogens with zero attached hydrogens (tertiary/aromatic N) is 4. The van der Waals surface area contributed by atoms with E-state index in [0.717, 1.165) is 12.4 Å². The van der Waals surface area contributed by atoms with Gasteiger partial charge in [0.05, 0.1) is 9.85 Å². The van der Waals surface area contributed by atoms with E-state index in [-0.39, 0.29) is 23.7 Å². The molecule has 0 unspecified atom stereocenters. The van der Waals surface area contributed by atoms with Crippen LogP contribution in [0.5, 0.6) is 5.75 Å². The van der Waals surface area contributed by atoms with Gasteiger partial charge >= 0.3 is 5.69 Å². The Kier molecular flexibility index (Phi) is 7.41. The van der Waals surface area contributed by atoms with Crippen LogP contribution in [0.4, 0.5) is 23.0 Å². The van der Waals surface area contributed by atoms with Gasteiger partial charge in [0.2, 0.25) is 11.6 Å². The second-order valence-corrected chi connectivity index (χ2v) is 6.34. The Bertz CT molecular complexity index is 1220. The van der Waals surface area contributed by atoms with Crippen LogP contribution < -0.4 is 26.4 Å². The number of nitrogens with one attached hydrogen (secondary N) is 4. The molecule has 2 amide bonds. The van der Waals surface area contributed by atoms with Crippen molar-refractivity contribution in [2.45, 2.75) is 0 Å². The first-order chi connectivity index (χ1) is 16.3. The van der Waals surface area contributed by atoms with Gasteiger partial charge in [-0.05, 0) is 18.2 Å². The molecule has 0 saturated carbocycles. The fourth-order valence-electron chi connectivity index (χ4n) is 2.51. The quantitative estimate of drug-likeness (QED) is 0.248. The molecular formula is C19H16N8O7. The molecule has 4 N–H and O–H groups in total. The summed E-state index contributed by atoms with van der Waals surface area (Å²) in [4.78, 5) is 52.6. The molecule has 0 aliphatic heterocycles. The third kappa shape index (κ3) is 6.10. The Morgan fingerprint density at radius 3 is 2.21 bits per heavy atom. The largest absolute Gasteiger partial charge is 0.484 e. The monoisotopic (exact) mass is 468 g/mol. The Morgan fingerprint density at radius 1 is 0.882 bits per heavy atom. The molecule has 15 nitrogen and oxygen atoms in total. The Hall–Kier alpha value is -5.34. The second kappa shape index (κ2) is 10.8. The molecule has 0 spiro atoms. The van der Waals surface area contributed by atoms with Gasteiger partial charge in [-0.25, -0.2) is 9.97 Å². The number of ether oxygens (including phenoxy) is 1. The highest BCUT2D eigenvalue weighted by Crippen LogP contribution is 2.27. The normalized spacial score (nSPS) is 10.0. The zero-order valence-corrected chi connectivity index (χ0v) is 17.1. The average molecular weight is 468 g/mol. The van der Waals surface area contributed by atoms with Gasteiger partial charge in [0.15, 0.2) is 6.61 Å². The van der Waals surface area contributed by atoms with E-state index in [1.165, 1.54) is 18.2 Å². The van der Waals surface area contributed by atoms with Gasteiger partial charge in [-0.3, -0.25) is 51.5 Å². The summed E-state index contributed by atoms with van der Waals surface area (Å²) in [6, 6.07) is 13.4. The lowest BCUT2D eigenvalue weighted by Gasteiger charge is -2.12. The van der Waals surface area contributed by atoms with E-state index in [4.69, 9.17) is 4.74 Å². The van der Waals surface area contributed by atoms with E-state index in [1.54, 1.807) is 30.3 Å². The third-order valence-electron chi connectivity index (χ3n) is 4.05. The molecule has 15 heteroatoms. The van der Waals surface area contributed by atoms with Gasteiger partial charge in [0.1, 0.15) is 12.1 Å². The number of rotatable bonds is 10. The van der Waals surface area contributed by atoms with Gasteiger partial charge in [0, 0.05) is 17.7 Å². The summed E-state index contributed by atoms with van der Waals surface area (Å²) in [5, 5.41) is 22.4. The van der Waals surface area contributed by atoms with Crippen molar-refractivity contribution in [3.05, 3.63) is 86.7 Å². The number of anilines is 2. The van der Waals surface area contributed by atoms with Crippen LogP contribution in [0.15, 0.2) is 60.9 Å². The van der Waals surface area contributed by atoms with Gasteiger partial charge in [0.25, 0.3) is 17.5 Å². The minimum absolute atomic E-state index is 0.0672. The van der Waals surface area contributed by atoms with Gasteiger partial charge in [-0.1, -0.05) is 24.3 Å². The summed E-state index contributed by atoms with van der Waals surface area (Å²) in [7, 11) is 0. The molecule has 0 saturated heterocycles. The van der Waals surface area contributed by atoms with Gasteiger partial charge < -0.3 is 4.74 Å². The molecule has 3 rings (SSSR count). The predicted molar refractivity (Wildman–Crippen MR) is 117 cm³/mol. The Labute approximate surface area is 190 Å². The number of amides is 2. The van der Waals surface area contributed by atoms with Crippen LogP contribution in [-0.2, 0) is 4.79 Å². The molecule has 0 aliphatic rings. The first-order valence-corrected chi connectivity index (χ1v) is 9.38. The predicted octanol–water partition coefficient (Wildman–Crippen LogP) is 1.57. The van der Waals surface area contributed by atoms with E-state index in [0.29, 0.717) is 5.75 Å². The highest BCUT2D eigenvalue weighted by Gasteiger charge is 2.24. The number of carbonyl (C=O) groups is 2. The lowest BCUT2D eigenvalue weighted by Crippen LogP contribution is -2.34. The number of nitro benzene ring substituents is 1. The molecule has 0 radical (unpaired) electrons. The maximum atomic E-state index is 12.3. The Morgan fingerprint density at radius 2 is 1.56 bits per heavy atom. The fourth-order valence-corrected chi connectivity index (χ4v) is 2.51. The summed E-state index contributed by atoms with van der Waals surface area (Å²) >= 11 is 0. The van der Waals surface area contributed by atoms with E-state index < -0.39 is 33.2 Å². The molecular weight excluding hydrogens is 452 g/mol. The van der Waals surface area contributed by atoms with Crippen molar-refractivity contribution in [1.82, 2.24) is 20.8 Å². The minimum Gasteiger partial charge on any atom is -0.484 e. The SMILES string of the molecule is O=C(COc1ccccc1)NNc1ncnc(NNC(=O)c2cccc([N+](=O)[O-])c2)c1[N+](=O)[O-]. The number of carbonyl (C=O) groups excluding carboxylic acids is 2. The summed E-state index contributed by atoms with van der Waals surface area (Å²) in [5.41, 5.74) is 7.90. The van der Waals surface area contributed by atoms with Crippen LogP contribution in [0.1, 0.15) is 10.4 Å². The smallest absolute Gasteiger partial charge is 0.356 e. The fraction of sp³-hybridized carbons (Fsp3) is 0.0526. The van der Waals surface area contributed by atoms with Crippen molar-refractivity contribution in [2.75, 3.05) is 17.5 Å². The van der Waals surface area contributed by atoms with Crippen LogP contribution >= 0.6 is 0 Å². The van der Waals surface area contributed by atoms with Crippen LogP contribution in [-0.4, -0.2) is 38.2 Å². The van der Waals surface area contributed by atoms with Crippen molar-refractivity contribution < 1.29 is 24.2 Å². The van der Waals surface area contributed by atoms with Crippen LogP contribution in [0.25, 0.3) is 0 Å². The number of aromatic nitrogens is 2. The van der Waals surface area contributed by atoms with Crippen molar-refractivity contribution in [3.8, 4) is 5.75 Å². The first-order valence-electron chi connectivity index (χ1n) is 9.38. The number of hydrazine groups is 2. The molecule has 2 aromatic carbocycles. The van der Waals surface area contributed by atoms with E-state index in [9.17, 15) is 29.8 Å². The van der Waals surface area contributed by atoms with Crippen LogP contribution in [0.3, 0.4) is 0 Å². The molecule has 1 aromatic heterocycles. The Balaban J connectivity index is 1.64. The molecule has 1 heterocycles. The highest BCUT2D eigenvalue weighted by molar-refractivity contribution is 5.95. The second-order valence-electron chi connectivity index (χ2n) is 6.34. The first kappa shape index (κ1) is 23.3. The molecule has 0 fully saturated rings. The lowest BCUT2D eigenvalue weighted by atomic mass is 10.2. The number of non-ortho nitro benzene ring substituents is 1. The lowest BCUT2D eigenvalue weighted by molar-refractivity contribution is -0.384. The number of hydrogen-bond acceptors (Lipinski definition) is 11. The van der Waals surface area contributed by atoms with E-state index in [1.807, 2.05) is 0 Å². The maximum absolute atomic E-state index is 12.3. The van der Waals surface area contributed by atoms with Crippen molar-refractivity contribution in [1.29, 1.82) is 0 Å². The molecule has 3 aromatic rings. The topological polar surface area (TPSA) is 204 Å². The molecule has 0 bridgehead atoms. The van der Waals surface area contributed by atoms with Crippen LogP contribution in [0, 0.1) is 20.2 Å². The van der Waals surface area contributed by atoms with Crippen molar-refractivity contribution in [2.24, 2.45) is 0 Å². The maximum Gasteiger partial charge on any atom is 0.356 e. The zero-order valence-electron chi connectivity index (χ0n) is 17.1. The zero-order chi connectivity index (χ0) is 24.5. The summed E-state index contributed by atoms with van der Waals surface area (Å²) in [5.74, 6) is -1.78. The molecule has 34 heavy (non-hydrogen) atoms. The van der Waals surface area contributed by atoms with Crippen molar-refractivity contribution >= 4 is 34.8 Å². The van der Waals surface area contributed by atoms with Gasteiger partial charge in [-0.2, -0.15) is 0 Å². The van der Waals surface area contributed by atoms with Gasteiger partial charge in [-0.15, -0.1) is 0 Å². The van der Waals surface area contributed by atoms with E-state index >= 15 is 0 Å². The minimum atomic E-state index is -0.837. The average Bonchev–Trinajstić information content (AvgIpc) is 2.85. The molecule has 0 atom stereocenters. The number of hydrogen-bond donors (Lipinski definition) is 4. The number of benzene rings is 2. The summed E-state index contributed by atoms with van der Waals surface area (Å²) in [6.45, 7) is -0.375. The standard InChI is InChI=1S/C19H16N8O7/c28-15(10-34-14-7-2-1-3-8-14)22-23-17-16(27(32)33)18(21-11-20-17)24-25-19(29)12-5-4-6-13(9-12)26(30)31/h1-9,11H,10H2,(H,22,28)(H,25,29)(H2,20,21,23,24).